The van der Waals surface area contributed by atoms with E-state index in [2.05, 4.69) is 10.2 Å². The fourth-order valence-corrected chi connectivity index (χ4v) is 4.26. The highest BCUT2D eigenvalue weighted by atomic mass is 16.5. The van der Waals surface area contributed by atoms with Crippen molar-refractivity contribution in [1.82, 2.24) is 4.90 Å². The van der Waals surface area contributed by atoms with Gasteiger partial charge in [-0.05, 0) is 37.0 Å². The predicted octanol–water partition coefficient (Wildman–Crippen LogP) is 3.85. The van der Waals surface area contributed by atoms with Gasteiger partial charge < -0.3 is 24.8 Å². The summed E-state index contributed by atoms with van der Waals surface area (Å²) >= 11 is 0. The van der Waals surface area contributed by atoms with E-state index in [0.29, 0.717) is 0 Å². The van der Waals surface area contributed by atoms with Gasteiger partial charge in [-0.3, -0.25) is 0 Å². The van der Waals surface area contributed by atoms with Gasteiger partial charge in [0.2, 0.25) is 0 Å². The zero-order chi connectivity index (χ0) is 19.4. The van der Waals surface area contributed by atoms with Gasteiger partial charge in [-0.2, -0.15) is 0 Å². The molecule has 2 heterocycles. The molecule has 28 heavy (non-hydrogen) atoms. The van der Waals surface area contributed by atoms with Crippen molar-refractivity contribution in [1.29, 1.82) is 0 Å². The summed E-state index contributed by atoms with van der Waals surface area (Å²) in [5.41, 5.74) is 1.92. The quantitative estimate of drug-likeness (QED) is 0.823. The number of hydrogen-bond donors (Lipinski definition) is 2. The monoisotopic (exact) mass is 382 g/mol. The standard InChI is InChI=1S/C23H30N2O3/c1-27-19-7-8-22-20(17-19)24-13-10-23(28-22)11-15-25(16-12-23)14-9-21(26)18-5-3-2-4-6-18/h2-8,17,21,24,26H,9-16H2,1H3/t21-/m1/s1. The molecule has 0 aromatic heterocycles. The molecule has 2 N–H and O–H groups in total. The number of aliphatic hydroxyl groups is 1. The largest absolute Gasteiger partial charge is 0.497 e. The molecule has 2 aliphatic rings. The van der Waals surface area contributed by atoms with Crippen LogP contribution in [0.2, 0.25) is 0 Å². The first kappa shape index (κ1) is 19.1. The van der Waals surface area contributed by atoms with Crippen LogP contribution in [0.3, 0.4) is 0 Å². The highest BCUT2D eigenvalue weighted by Gasteiger charge is 2.38. The highest BCUT2D eigenvalue weighted by molar-refractivity contribution is 5.60. The number of anilines is 1. The van der Waals surface area contributed by atoms with E-state index in [1.807, 2.05) is 48.5 Å². The van der Waals surface area contributed by atoms with Crippen LogP contribution in [-0.2, 0) is 0 Å². The van der Waals surface area contributed by atoms with Gasteiger partial charge in [0.05, 0.1) is 18.9 Å². The van der Waals surface area contributed by atoms with Crippen molar-refractivity contribution in [3.8, 4) is 11.5 Å². The molecule has 0 unspecified atom stereocenters. The summed E-state index contributed by atoms with van der Waals surface area (Å²) in [5, 5.41) is 13.9. The third kappa shape index (κ3) is 4.26. The van der Waals surface area contributed by atoms with Crippen molar-refractivity contribution in [2.45, 2.75) is 37.4 Å². The molecular formula is C23H30N2O3. The molecule has 150 valence electrons. The van der Waals surface area contributed by atoms with Gasteiger partial charge in [-0.15, -0.1) is 0 Å². The molecule has 0 saturated carbocycles. The number of piperidine rings is 1. The SMILES string of the molecule is COc1ccc2c(c1)NCCC1(CCN(CC[C@@H](O)c3ccccc3)CC1)O2. The lowest BCUT2D eigenvalue weighted by atomic mass is 9.87. The van der Waals surface area contributed by atoms with Gasteiger partial charge in [0.25, 0.3) is 0 Å². The van der Waals surface area contributed by atoms with E-state index in [4.69, 9.17) is 9.47 Å². The number of nitrogens with one attached hydrogen (secondary N) is 1. The third-order valence-electron chi connectivity index (χ3n) is 6.08. The molecular weight excluding hydrogens is 352 g/mol. The average molecular weight is 383 g/mol. The first-order valence-corrected chi connectivity index (χ1v) is 10.2. The lowest BCUT2D eigenvalue weighted by Gasteiger charge is -2.41. The fourth-order valence-electron chi connectivity index (χ4n) is 4.26. The molecule has 0 bridgehead atoms. The second-order valence-corrected chi connectivity index (χ2v) is 7.88. The summed E-state index contributed by atoms with van der Waals surface area (Å²) in [6.45, 7) is 3.84. The van der Waals surface area contributed by atoms with Crippen LogP contribution in [0.15, 0.2) is 48.5 Å². The van der Waals surface area contributed by atoms with Crippen molar-refractivity contribution < 1.29 is 14.6 Å². The minimum atomic E-state index is -0.391. The van der Waals surface area contributed by atoms with Crippen LogP contribution in [0, 0.1) is 0 Å². The van der Waals surface area contributed by atoms with Crippen LogP contribution in [0.4, 0.5) is 5.69 Å². The molecule has 1 saturated heterocycles. The molecule has 5 nitrogen and oxygen atoms in total. The first-order chi connectivity index (χ1) is 13.7. The van der Waals surface area contributed by atoms with Crippen LogP contribution in [0.1, 0.15) is 37.4 Å². The Labute approximate surface area is 167 Å². The number of ether oxygens (including phenoxy) is 2. The summed E-state index contributed by atoms with van der Waals surface area (Å²) in [4.78, 5) is 2.45. The Morgan fingerprint density at radius 1 is 1.14 bits per heavy atom. The Hall–Kier alpha value is -2.24. The fraction of sp³-hybridized carbons (Fsp3) is 0.478. The van der Waals surface area contributed by atoms with Gasteiger partial charge in [-0.1, -0.05) is 30.3 Å². The number of likely N-dealkylation sites (tertiary alicyclic amines) is 1. The van der Waals surface area contributed by atoms with Crippen LogP contribution < -0.4 is 14.8 Å². The Balaban J connectivity index is 1.33. The highest BCUT2D eigenvalue weighted by Crippen LogP contribution is 2.39. The summed E-state index contributed by atoms with van der Waals surface area (Å²) in [6, 6.07) is 15.9. The molecule has 1 spiro atoms. The lowest BCUT2D eigenvalue weighted by molar-refractivity contribution is -0.00291. The molecule has 0 amide bonds. The molecule has 0 aliphatic carbocycles. The van der Waals surface area contributed by atoms with Crippen molar-refractivity contribution in [2.75, 3.05) is 38.6 Å². The van der Waals surface area contributed by atoms with E-state index < -0.39 is 6.10 Å². The normalized spacial score (nSPS) is 19.8. The summed E-state index contributed by atoms with van der Waals surface area (Å²) < 4.78 is 11.9. The van der Waals surface area contributed by atoms with Crippen LogP contribution >= 0.6 is 0 Å². The molecule has 1 atom stereocenters. The number of benzene rings is 2. The minimum Gasteiger partial charge on any atom is -0.497 e. The molecule has 5 heteroatoms. The molecule has 2 aromatic rings. The summed E-state index contributed by atoms with van der Waals surface area (Å²) in [7, 11) is 1.69. The summed E-state index contributed by atoms with van der Waals surface area (Å²) in [5.74, 6) is 1.77. The lowest BCUT2D eigenvalue weighted by Crippen LogP contribution is -2.48. The first-order valence-electron chi connectivity index (χ1n) is 10.2. The maximum atomic E-state index is 10.4. The number of aliphatic hydroxyl groups excluding tert-OH is 1. The summed E-state index contributed by atoms with van der Waals surface area (Å²) in [6.07, 6.45) is 3.41. The van der Waals surface area contributed by atoms with Crippen molar-refractivity contribution >= 4 is 5.69 Å². The Morgan fingerprint density at radius 3 is 2.68 bits per heavy atom. The zero-order valence-corrected chi connectivity index (χ0v) is 16.6. The van der Waals surface area contributed by atoms with Crippen molar-refractivity contribution in [2.24, 2.45) is 0 Å². The molecule has 4 rings (SSSR count). The smallest absolute Gasteiger partial charge is 0.143 e. The van der Waals surface area contributed by atoms with E-state index in [-0.39, 0.29) is 5.60 Å². The number of nitrogens with zero attached hydrogens (tertiary/aromatic N) is 1. The maximum Gasteiger partial charge on any atom is 0.143 e. The number of hydrogen-bond acceptors (Lipinski definition) is 5. The van der Waals surface area contributed by atoms with E-state index >= 15 is 0 Å². The third-order valence-corrected chi connectivity index (χ3v) is 6.08. The molecule has 2 aromatic carbocycles. The number of methoxy groups -OCH3 is 1. The Kier molecular flexibility index (Phi) is 5.74. The number of rotatable bonds is 5. The second kappa shape index (κ2) is 8.41. The van der Waals surface area contributed by atoms with E-state index in [0.717, 1.165) is 74.6 Å². The zero-order valence-electron chi connectivity index (χ0n) is 16.6. The topological polar surface area (TPSA) is 54.0 Å². The van der Waals surface area contributed by atoms with Gasteiger partial charge >= 0.3 is 0 Å². The van der Waals surface area contributed by atoms with E-state index in [1.54, 1.807) is 7.11 Å². The van der Waals surface area contributed by atoms with E-state index in [9.17, 15) is 5.11 Å². The molecule has 2 aliphatic heterocycles. The predicted molar refractivity (Wildman–Crippen MR) is 111 cm³/mol. The second-order valence-electron chi connectivity index (χ2n) is 7.88. The van der Waals surface area contributed by atoms with Crippen LogP contribution in [0.25, 0.3) is 0 Å². The van der Waals surface area contributed by atoms with Gasteiger partial charge in [0.1, 0.15) is 17.1 Å². The van der Waals surface area contributed by atoms with Crippen LogP contribution in [0.5, 0.6) is 11.5 Å². The Morgan fingerprint density at radius 2 is 1.93 bits per heavy atom. The van der Waals surface area contributed by atoms with Gasteiger partial charge in [0.15, 0.2) is 0 Å². The maximum absolute atomic E-state index is 10.4. The van der Waals surface area contributed by atoms with Crippen LogP contribution in [-0.4, -0.2) is 48.9 Å². The van der Waals surface area contributed by atoms with Crippen molar-refractivity contribution in [3.63, 3.8) is 0 Å². The van der Waals surface area contributed by atoms with Crippen molar-refractivity contribution in [3.05, 3.63) is 54.1 Å². The average Bonchev–Trinajstić information content (AvgIpc) is 2.92. The van der Waals surface area contributed by atoms with Gasteiger partial charge in [-0.25, -0.2) is 0 Å². The number of fused-ring (bicyclic) bond motifs is 1. The van der Waals surface area contributed by atoms with E-state index in [1.165, 1.54) is 0 Å². The Bertz CT molecular complexity index is 773. The van der Waals surface area contributed by atoms with Gasteiger partial charge in [0, 0.05) is 38.7 Å². The molecule has 1 fully saturated rings. The minimum absolute atomic E-state index is 0.0958. The molecule has 0 radical (unpaired) electrons.